The molecule has 242 valence electrons. The van der Waals surface area contributed by atoms with Crippen LogP contribution in [0.1, 0.15) is 118 Å². The lowest BCUT2D eigenvalue weighted by atomic mass is 9.71. The van der Waals surface area contributed by atoms with Gasteiger partial charge in [-0.25, -0.2) is 0 Å². The number of hydrogen-bond acceptors (Lipinski definition) is 6. The fraction of sp³-hybridized carbons (Fsp3) is 0.647. The zero-order valence-electron chi connectivity index (χ0n) is 27.1. The summed E-state index contributed by atoms with van der Waals surface area (Å²) in [6, 6.07) is 2.28. The van der Waals surface area contributed by atoms with E-state index in [1.165, 1.54) is 6.07 Å². The molecular formula is C34H47F3N2O4Si. The topological polar surface area (TPSA) is 73.7 Å². The predicted molar refractivity (Wildman–Crippen MR) is 167 cm³/mol. The standard InChI is InChI=1S/C34H47F3N2O4Si/c1-32(2,3)44(6,7)43-26-19-33(4,5)18-25-28(26)27(21-10-14-41-15-11-21)29(30(39-25)22-12-16-42-17-13-22)31(40)24-9-8-23(20-38-24)34(35,36)37/h8-10,20,22,26,31,40H,11-19H2,1-7H3/t26?,31-/m1/s1. The zero-order chi connectivity index (χ0) is 32.1. The molecule has 5 rings (SSSR count). The van der Waals surface area contributed by atoms with Gasteiger partial charge in [0.05, 0.1) is 36.3 Å². The predicted octanol–water partition coefficient (Wildman–Crippen LogP) is 8.31. The second-order valence-electron chi connectivity index (χ2n) is 14.9. The van der Waals surface area contributed by atoms with Gasteiger partial charge in [-0.2, -0.15) is 13.2 Å². The van der Waals surface area contributed by atoms with Gasteiger partial charge in [0.15, 0.2) is 8.32 Å². The maximum atomic E-state index is 13.4. The number of alkyl halides is 3. The lowest BCUT2D eigenvalue weighted by molar-refractivity contribution is -0.137. The number of aliphatic hydroxyl groups excluding tert-OH is 1. The number of nitrogens with zero attached hydrogens (tertiary/aromatic N) is 2. The van der Waals surface area contributed by atoms with Gasteiger partial charge in [0.2, 0.25) is 0 Å². The van der Waals surface area contributed by atoms with Crippen LogP contribution in [0, 0.1) is 5.41 Å². The Kier molecular flexibility index (Phi) is 9.25. The number of fused-ring (bicyclic) bond motifs is 1. The highest BCUT2D eigenvalue weighted by Crippen LogP contribution is 2.52. The molecule has 1 N–H and O–H groups in total. The maximum Gasteiger partial charge on any atom is 0.417 e. The first-order valence-electron chi connectivity index (χ1n) is 15.8. The SMILES string of the molecule is CC1(C)Cc2nc(C3CCOCC3)c([C@H](O)c3ccc(C(F)(F)F)cn3)c(C3=CCOCC3)c2C(O[Si](C)(C)C(C)(C)C)C1. The van der Waals surface area contributed by atoms with Crippen LogP contribution < -0.4 is 0 Å². The van der Waals surface area contributed by atoms with Gasteiger partial charge in [0.1, 0.15) is 6.10 Å². The molecule has 1 saturated heterocycles. The normalized spacial score (nSPS) is 22.3. The van der Waals surface area contributed by atoms with E-state index in [-0.39, 0.29) is 28.2 Å². The van der Waals surface area contributed by atoms with Crippen molar-refractivity contribution in [3.8, 4) is 0 Å². The fourth-order valence-electron chi connectivity index (χ4n) is 6.47. The van der Waals surface area contributed by atoms with Crippen molar-refractivity contribution in [2.45, 2.75) is 109 Å². The molecule has 2 aliphatic heterocycles. The number of pyridine rings is 2. The van der Waals surface area contributed by atoms with E-state index in [2.05, 4.69) is 58.8 Å². The fourth-order valence-corrected chi connectivity index (χ4v) is 7.74. The molecular weight excluding hydrogens is 585 g/mol. The van der Waals surface area contributed by atoms with Gasteiger partial charge in [-0.15, -0.1) is 0 Å². The summed E-state index contributed by atoms with van der Waals surface area (Å²) in [5.41, 5.74) is 4.69. The maximum absolute atomic E-state index is 13.4. The molecule has 0 aromatic carbocycles. The van der Waals surface area contributed by atoms with E-state index in [1.807, 2.05) is 0 Å². The Morgan fingerprint density at radius 2 is 1.77 bits per heavy atom. The second-order valence-corrected chi connectivity index (χ2v) is 19.6. The van der Waals surface area contributed by atoms with Crippen LogP contribution in [0.4, 0.5) is 13.2 Å². The third-order valence-electron chi connectivity index (χ3n) is 9.89. The van der Waals surface area contributed by atoms with Gasteiger partial charge in [-0.1, -0.05) is 40.7 Å². The van der Waals surface area contributed by atoms with E-state index in [1.54, 1.807) is 0 Å². The van der Waals surface area contributed by atoms with Crippen molar-refractivity contribution in [2.75, 3.05) is 26.4 Å². The Morgan fingerprint density at radius 1 is 1.07 bits per heavy atom. The van der Waals surface area contributed by atoms with Crippen molar-refractivity contribution in [2.24, 2.45) is 5.41 Å². The van der Waals surface area contributed by atoms with Crippen LogP contribution in [-0.2, 0) is 26.5 Å². The summed E-state index contributed by atoms with van der Waals surface area (Å²) >= 11 is 0. The molecule has 0 radical (unpaired) electrons. The van der Waals surface area contributed by atoms with E-state index in [4.69, 9.17) is 18.9 Å². The van der Waals surface area contributed by atoms with Crippen LogP contribution in [0.15, 0.2) is 24.4 Å². The molecule has 2 aromatic rings. The second kappa shape index (κ2) is 12.2. The zero-order valence-corrected chi connectivity index (χ0v) is 28.1. The van der Waals surface area contributed by atoms with Crippen LogP contribution in [-0.4, -0.2) is 49.8 Å². The van der Waals surface area contributed by atoms with E-state index >= 15 is 0 Å². The number of aromatic nitrogens is 2. The van der Waals surface area contributed by atoms with Crippen molar-refractivity contribution < 1.29 is 32.2 Å². The van der Waals surface area contributed by atoms with Gasteiger partial charge in [0, 0.05) is 42.1 Å². The first kappa shape index (κ1) is 33.3. The van der Waals surface area contributed by atoms with E-state index in [0.717, 1.165) is 66.0 Å². The monoisotopic (exact) mass is 632 g/mol. The Bertz CT molecular complexity index is 1380. The summed E-state index contributed by atoms with van der Waals surface area (Å²) in [6.07, 6.45) is 0.575. The number of hydrogen-bond donors (Lipinski definition) is 1. The van der Waals surface area contributed by atoms with Crippen LogP contribution in [0.3, 0.4) is 0 Å². The molecule has 44 heavy (non-hydrogen) atoms. The molecule has 3 aliphatic rings. The Hall–Kier alpha value is -2.11. The number of rotatable bonds is 6. The van der Waals surface area contributed by atoms with Gasteiger partial charge >= 0.3 is 6.18 Å². The first-order chi connectivity index (χ1) is 20.5. The smallest absolute Gasteiger partial charge is 0.410 e. The summed E-state index contributed by atoms with van der Waals surface area (Å²) in [5.74, 6) is 0.0390. The number of halogens is 3. The summed E-state index contributed by atoms with van der Waals surface area (Å²) in [7, 11) is -2.24. The van der Waals surface area contributed by atoms with Crippen molar-refractivity contribution in [1.29, 1.82) is 0 Å². The van der Waals surface area contributed by atoms with E-state index in [0.29, 0.717) is 38.4 Å². The molecule has 1 unspecified atom stereocenters. The number of ether oxygens (including phenoxy) is 2. The molecule has 4 heterocycles. The minimum atomic E-state index is -4.52. The van der Waals surface area contributed by atoms with Gasteiger partial charge in [-0.05, 0) is 78.9 Å². The molecule has 2 atom stereocenters. The van der Waals surface area contributed by atoms with Crippen LogP contribution in [0.2, 0.25) is 18.1 Å². The van der Waals surface area contributed by atoms with Crippen molar-refractivity contribution in [3.05, 3.63) is 63.7 Å². The Labute approximate surface area is 260 Å². The molecule has 2 aromatic heterocycles. The largest absolute Gasteiger partial charge is 0.417 e. The summed E-state index contributed by atoms with van der Waals surface area (Å²) in [5, 5.41) is 12.1. The average Bonchev–Trinajstić information content (AvgIpc) is 2.95. The van der Waals surface area contributed by atoms with Crippen LogP contribution in [0.5, 0.6) is 0 Å². The van der Waals surface area contributed by atoms with Gasteiger partial charge in [0.25, 0.3) is 0 Å². The number of aliphatic hydroxyl groups is 1. The van der Waals surface area contributed by atoms with Crippen molar-refractivity contribution in [1.82, 2.24) is 9.97 Å². The third-order valence-corrected chi connectivity index (χ3v) is 14.4. The Balaban J connectivity index is 1.78. The minimum Gasteiger partial charge on any atom is -0.410 e. The lowest BCUT2D eigenvalue weighted by Crippen LogP contribution is -2.44. The van der Waals surface area contributed by atoms with Gasteiger partial charge < -0.3 is 19.0 Å². The van der Waals surface area contributed by atoms with Crippen LogP contribution in [0.25, 0.3) is 5.57 Å². The Morgan fingerprint density at radius 3 is 2.34 bits per heavy atom. The highest BCUT2D eigenvalue weighted by Gasteiger charge is 2.45. The molecule has 1 fully saturated rings. The summed E-state index contributed by atoms with van der Waals surface area (Å²) in [4.78, 5) is 9.54. The summed E-state index contributed by atoms with van der Waals surface area (Å²) < 4.78 is 58.9. The van der Waals surface area contributed by atoms with E-state index in [9.17, 15) is 18.3 Å². The third kappa shape index (κ3) is 6.84. The molecule has 0 spiro atoms. The average molecular weight is 633 g/mol. The molecule has 1 aliphatic carbocycles. The molecule has 0 bridgehead atoms. The first-order valence-corrected chi connectivity index (χ1v) is 18.7. The molecule has 10 heteroatoms. The van der Waals surface area contributed by atoms with Crippen molar-refractivity contribution >= 4 is 13.9 Å². The highest BCUT2D eigenvalue weighted by molar-refractivity contribution is 6.74. The molecule has 6 nitrogen and oxygen atoms in total. The molecule has 0 amide bonds. The lowest BCUT2D eigenvalue weighted by Gasteiger charge is -2.45. The minimum absolute atomic E-state index is 0.0190. The highest BCUT2D eigenvalue weighted by atomic mass is 28.4. The van der Waals surface area contributed by atoms with E-state index < -0.39 is 26.2 Å². The van der Waals surface area contributed by atoms with Gasteiger partial charge in [-0.3, -0.25) is 9.97 Å². The summed E-state index contributed by atoms with van der Waals surface area (Å²) in [6.45, 7) is 17.9. The quantitative estimate of drug-likeness (QED) is 0.323. The van der Waals surface area contributed by atoms with Crippen molar-refractivity contribution in [3.63, 3.8) is 0 Å². The van der Waals surface area contributed by atoms with Crippen LogP contribution >= 0.6 is 0 Å². The molecule has 0 saturated carbocycles.